The first-order valence-corrected chi connectivity index (χ1v) is 7.48. The van der Waals surface area contributed by atoms with E-state index >= 15 is 0 Å². The van der Waals surface area contributed by atoms with E-state index in [-0.39, 0.29) is 11.5 Å². The number of benzene rings is 2. The summed E-state index contributed by atoms with van der Waals surface area (Å²) < 4.78 is 13.1. The Kier molecular flexibility index (Phi) is 5.16. The molecule has 4 nitrogen and oxygen atoms in total. The highest BCUT2D eigenvalue weighted by molar-refractivity contribution is 7.98. The van der Waals surface area contributed by atoms with Crippen LogP contribution in [-0.4, -0.2) is 11.5 Å². The number of nitrogens with one attached hydrogen (secondary N) is 1. The van der Waals surface area contributed by atoms with Crippen molar-refractivity contribution >= 4 is 23.1 Å². The zero-order valence-corrected chi connectivity index (χ0v) is 12.3. The van der Waals surface area contributed by atoms with Gasteiger partial charge in [0.2, 0.25) is 0 Å². The van der Waals surface area contributed by atoms with Gasteiger partial charge < -0.3 is 5.32 Å². The molecule has 0 bridgehead atoms. The van der Waals surface area contributed by atoms with Crippen LogP contribution in [0.4, 0.5) is 15.8 Å². The zero-order valence-electron chi connectivity index (χ0n) is 11.5. The van der Waals surface area contributed by atoms with Crippen molar-refractivity contribution in [3.63, 3.8) is 0 Å². The average Bonchev–Trinajstić information content (AvgIpc) is 2.45. The average molecular weight is 306 g/mol. The van der Waals surface area contributed by atoms with Crippen molar-refractivity contribution in [1.29, 1.82) is 0 Å². The van der Waals surface area contributed by atoms with Crippen LogP contribution in [0.2, 0.25) is 0 Å². The Morgan fingerprint density at radius 3 is 2.76 bits per heavy atom. The van der Waals surface area contributed by atoms with Crippen LogP contribution in [0, 0.1) is 15.9 Å². The second kappa shape index (κ2) is 7.08. The molecule has 0 saturated carbocycles. The largest absolute Gasteiger partial charge is 0.380 e. The lowest BCUT2D eigenvalue weighted by molar-refractivity contribution is -0.384. The molecule has 0 aliphatic carbocycles. The van der Waals surface area contributed by atoms with Crippen molar-refractivity contribution in [1.82, 2.24) is 0 Å². The highest BCUT2D eigenvalue weighted by Crippen LogP contribution is 2.29. The predicted octanol–water partition coefficient (Wildman–Crippen LogP) is 4.46. The van der Waals surface area contributed by atoms with Crippen molar-refractivity contribution in [2.45, 2.75) is 17.6 Å². The van der Waals surface area contributed by atoms with E-state index in [2.05, 4.69) is 5.32 Å². The maximum atomic E-state index is 13.1. The minimum Gasteiger partial charge on any atom is -0.380 e. The van der Waals surface area contributed by atoms with Crippen LogP contribution in [-0.2, 0) is 5.75 Å². The maximum Gasteiger partial charge on any atom is 0.292 e. The van der Waals surface area contributed by atoms with Gasteiger partial charge in [-0.05, 0) is 36.8 Å². The van der Waals surface area contributed by atoms with Crippen LogP contribution in [0.15, 0.2) is 47.4 Å². The van der Waals surface area contributed by atoms with Gasteiger partial charge in [0.1, 0.15) is 11.5 Å². The molecule has 2 aromatic rings. The number of nitro benzene ring substituents is 1. The minimum absolute atomic E-state index is 0.0661. The third kappa shape index (κ3) is 4.19. The molecule has 110 valence electrons. The molecule has 0 fully saturated rings. The molecule has 0 unspecified atom stereocenters. The summed E-state index contributed by atoms with van der Waals surface area (Å²) in [7, 11) is 0. The summed E-state index contributed by atoms with van der Waals surface area (Å²) in [6, 6.07) is 11.4. The zero-order chi connectivity index (χ0) is 15.2. The first-order chi connectivity index (χ1) is 10.1. The molecule has 21 heavy (non-hydrogen) atoms. The van der Waals surface area contributed by atoms with Gasteiger partial charge in [0, 0.05) is 23.3 Å². The summed E-state index contributed by atoms with van der Waals surface area (Å²) in [4.78, 5) is 11.4. The molecule has 6 heteroatoms. The van der Waals surface area contributed by atoms with Crippen molar-refractivity contribution in [3.8, 4) is 0 Å². The number of anilines is 1. The number of nitrogens with zero attached hydrogens (tertiary/aromatic N) is 1. The minimum atomic E-state index is -0.401. The topological polar surface area (TPSA) is 55.2 Å². The normalized spacial score (nSPS) is 10.4. The molecular formula is C15H15FN2O2S. The summed E-state index contributed by atoms with van der Waals surface area (Å²) >= 11 is 1.49. The van der Waals surface area contributed by atoms with Gasteiger partial charge in [-0.25, -0.2) is 4.39 Å². The van der Waals surface area contributed by atoms with Gasteiger partial charge >= 0.3 is 0 Å². The smallest absolute Gasteiger partial charge is 0.292 e. The van der Waals surface area contributed by atoms with Gasteiger partial charge in [0.15, 0.2) is 0 Å². The monoisotopic (exact) mass is 306 g/mol. The fourth-order valence-electron chi connectivity index (χ4n) is 1.89. The summed E-state index contributed by atoms with van der Waals surface area (Å²) in [5.74, 6) is 0.358. The molecular weight excluding hydrogens is 291 g/mol. The second-order valence-corrected chi connectivity index (χ2v) is 5.43. The molecule has 0 radical (unpaired) electrons. The lowest BCUT2D eigenvalue weighted by Crippen LogP contribution is -2.01. The molecule has 0 aliphatic heterocycles. The second-order valence-electron chi connectivity index (χ2n) is 4.38. The Morgan fingerprint density at radius 1 is 1.29 bits per heavy atom. The van der Waals surface area contributed by atoms with Gasteiger partial charge in [-0.15, -0.1) is 11.8 Å². The Morgan fingerprint density at radius 2 is 2.10 bits per heavy atom. The highest BCUT2D eigenvalue weighted by Gasteiger charge is 2.13. The van der Waals surface area contributed by atoms with Crippen LogP contribution in [0.25, 0.3) is 0 Å². The molecule has 2 rings (SSSR count). The quantitative estimate of drug-likeness (QED) is 0.486. The van der Waals surface area contributed by atoms with Crippen LogP contribution >= 0.6 is 11.8 Å². The van der Waals surface area contributed by atoms with E-state index in [1.54, 1.807) is 18.2 Å². The van der Waals surface area contributed by atoms with Crippen molar-refractivity contribution in [2.75, 3.05) is 11.9 Å². The van der Waals surface area contributed by atoms with Gasteiger partial charge in [0.05, 0.1) is 4.92 Å². The van der Waals surface area contributed by atoms with E-state index < -0.39 is 4.92 Å². The molecule has 0 spiro atoms. The molecule has 0 heterocycles. The Bertz CT molecular complexity index is 649. The number of halogens is 1. The number of nitro groups is 1. The fourth-order valence-corrected chi connectivity index (χ4v) is 2.77. The predicted molar refractivity (Wildman–Crippen MR) is 83.2 cm³/mol. The van der Waals surface area contributed by atoms with Crippen LogP contribution in [0.1, 0.15) is 12.5 Å². The van der Waals surface area contributed by atoms with Gasteiger partial charge in [0.25, 0.3) is 5.69 Å². The summed E-state index contributed by atoms with van der Waals surface area (Å²) in [6.07, 6.45) is 0. The maximum absolute atomic E-state index is 13.1. The lowest BCUT2D eigenvalue weighted by Gasteiger charge is -2.07. The van der Waals surface area contributed by atoms with E-state index in [9.17, 15) is 14.5 Å². The molecule has 0 atom stereocenters. The molecule has 0 aromatic heterocycles. The van der Waals surface area contributed by atoms with Crippen molar-refractivity contribution < 1.29 is 9.31 Å². The fraction of sp³-hybridized carbons (Fsp3) is 0.200. The van der Waals surface area contributed by atoms with Crippen LogP contribution in [0.5, 0.6) is 0 Å². The van der Waals surface area contributed by atoms with E-state index in [0.717, 1.165) is 10.5 Å². The van der Waals surface area contributed by atoms with Crippen molar-refractivity contribution in [3.05, 3.63) is 64.0 Å². The Hall–Kier alpha value is -2.08. The molecule has 0 amide bonds. The third-order valence-electron chi connectivity index (χ3n) is 2.83. The summed E-state index contributed by atoms with van der Waals surface area (Å²) in [5, 5.41) is 13.9. The number of hydrogen-bond acceptors (Lipinski definition) is 4. The number of hydrogen-bond donors (Lipinski definition) is 1. The third-order valence-corrected chi connectivity index (χ3v) is 3.89. The van der Waals surface area contributed by atoms with Gasteiger partial charge in [-0.1, -0.05) is 12.1 Å². The Labute approximate surface area is 126 Å². The summed E-state index contributed by atoms with van der Waals surface area (Å²) in [5.41, 5.74) is 1.53. The molecule has 1 N–H and O–H groups in total. The van der Waals surface area contributed by atoms with E-state index in [1.807, 2.05) is 13.0 Å². The number of thioether (sulfide) groups is 1. The SMILES string of the molecule is CCNc1cc(CSc2cccc(F)c2)ccc1[N+](=O)[O-]. The first-order valence-electron chi connectivity index (χ1n) is 6.49. The number of rotatable bonds is 6. The molecule has 0 aliphatic rings. The lowest BCUT2D eigenvalue weighted by atomic mass is 10.2. The van der Waals surface area contributed by atoms with Crippen molar-refractivity contribution in [2.24, 2.45) is 0 Å². The molecule has 2 aromatic carbocycles. The standard InChI is InChI=1S/C15H15FN2O2S/c1-2-17-14-8-11(6-7-15(14)18(19)20)10-21-13-5-3-4-12(16)9-13/h3-9,17H,2,10H2,1H3. The van der Waals surface area contributed by atoms with Crippen LogP contribution < -0.4 is 5.32 Å². The molecule has 0 saturated heterocycles. The van der Waals surface area contributed by atoms with Gasteiger partial charge in [-0.2, -0.15) is 0 Å². The van der Waals surface area contributed by atoms with Gasteiger partial charge in [-0.3, -0.25) is 10.1 Å². The van der Waals surface area contributed by atoms with Crippen LogP contribution in [0.3, 0.4) is 0 Å². The van der Waals surface area contributed by atoms with E-state index in [4.69, 9.17) is 0 Å². The summed E-state index contributed by atoms with van der Waals surface area (Å²) in [6.45, 7) is 2.50. The highest BCUT2D eigenvalue weighted by atomic mass is 32.2. The Balaban J connectivity index is 2.13. The van der Waals surface area contributed by atoms with E-state index in [1.165, 1.54) is 30.0 Å². The first kappa shape index (κ1) is 15.3. The van der Waals surface area contributed by atoms with E-state index in [0.29, 0.717) is 18.0 Å².